The van der Waals surface area contributed by atoms with Gasteiger partial charge in [-0.2, -0.15) is 0 Å². The van der Waals surface area contributed by atoms with Gasteiger partial charge < -0.3 is 9.84 Å². The summed E-state index contributed by atoms with van der Waals surface area (Å²) in [6, 6.07) is 10.7. The Kier molecular flexibility index (Phi) is 4.16. The number of piperidine rings is 1. The Labute approximate surface area is 115 Å². The average Bonchev–Trinajstić information content (AvgIpc) is 2.40. The predicted octanol–water partition coefficient (Wildman–Crippen LogP) is 2.19. The number of ether oxygens (including phenoxy) is 1. The van der Waals surface area contributed by atoms with Crippen molar-refractivity contribution in [2.45, 2.75) is 50.5 Å². The van der Waals surface area contributed by atoms with Gasteiger partial charge in [0, 0.05) is 19.6 Å². The molecule has 0 bridgehead atoms. The molecule has 2 fully saturated rings. The molecule has 1 aromatic rings. The Balaban J connectivity index is 1.40. The molecule has 1 heterocycles. The van der Waals surface area contributed by atoms with Gasteiger partial charge in [-0.1, -0.05) is 30.3 Å². The average molecular weight is 261 g/mol. The van der Waals surface area contributed by atoms with Crippen molar-refractivity contribution >= 4 is 0 Å². The lowest BCUT2D eigenvalue weighted by Crippen LogP contribution is -2.42. The van der Waals surface area contributed by atoms with Crippen molar-refractivity contribution in [1.82, 2.24) is 4.90 Å². The van der Waals surface area contributed by atoms with Gasteiger partial charge in [-0.05, 0) is 31.2 Å². The highest BCUT2D eigenvalue weighted by molar-refractivity contribution is 5.14. The fourth-order valence-electron chi connectivity index (χ4n) is 2.97. The maximum Gasteiger partial charge on any atom is 0.0628 e. The number of aliphatic hydroxyl groups is 1. The molecule has 1 saturated carbocycles. The first kappa shape index (κ1) is 13.1. The van der Waals surface area contributed by atoms with Crippen LogP contribution in [0.1, 0.15) is 31.2 Å². The minimum Gasteiger partial charge on any atom is -0.393 e. The minimum atomic E-state index is -0.108. The summed E-state index contributed by atoms with van der Waals surface area (Å²) in [5, 5.41) is 9.27. The van der Waals surface area contributed by atoms with E-state index in [2.05, 4.69) is 35.2 Å². The lowest BCUT2D eigenvalue weighted by atomic mass is 9.91. The SMILES string of the molecule is O[C@H]1C[C@H](OC2CCN(Cc3ccccc3)CC2)C1. The number of hydrogen-bond donors (Lipinski definition) is 1. The van der Waals surface area contributed by atoms with Gasteiger partial charge in [-0.25, -0.2) is 0 Å². The molecule has 0 unspecified atom stereocenters. The van der Waals surface area contributed by atoms with E-state index >= 15 is 0 Å². The molecule has 1 N–H and O–H groups in total. The van der Waals surface area contributed by atoms with Gasteiger partial charge in [0.05, 0.1) is 18.3 Å². The first-order valence-corrected chi connectivity index (χ1v) is 7.39. The van der Waals surface area contributed by atoms with Crippen molar-refractivity contribution in [3.63, 3.8) is 0 Å². The normalized spacial score (nSPS) is 29.1. The first-order valence-electron chi connectivity index (χ1n) is 7.39. The van der Waals surface area contributed by atoms with E-state index in [1.165, 1.54) is 5.56 Å². The number of hydrogen-bond acceptors (Lipinski definition) is 3. The summed E-state index contributed by atoms with van der Waals surface area (Å²) in [6.07, 6.45) is 4.54. The third kappa shape index (κ3) is 3.56. The van der Waals surface area contributed by atoms with Crippen LogP contribution in [0.5, 0.6) is 0 Å². The van der Waals surface area contributed by atoms with Crippen LogP contribution in [0.3, 0.4) is 0 Å². The standard InChI is InChI=1S/C16H23NO2/c18-14-10-16(11-14)19-15-6-8-17(9-7-15)12-13-4-2-1-3-5-13/h1-5,14-16,18H,6-12H2/t14-,16-. The minimum absolute atomic E-state index is 0.108. The summed E-state index contributed by atoms with van der Waals surface area (Å²) in [4.78, 5) is 2.50. The molecule has 2 aliphatic rings. The van der Waals surface area contributed by atoms with Crippen LogP contribution in [0.15, 0.2) is 30.3 Å². The Bertz CT molecular complexity index is 381. The second-order valence-corrected chi connectivity index (χ2v) is 5.84. The van der Waals surface area contributed by atoms with Crippen molar-refractivity contribution < 1.29 is 9.84 Å². The van der Waals surface area contributed by atoms with E-state index in [9.17, 15) is 5.11 Å². The third-order valence-corrected chi connectivity index (χ3v) is 4.24. The van der Waals surface area contributed by atoms with E-state index in [4.69, 9.17) is 4.74 Å². The highest BCUT2D eigenvalue weighted by Crippen LogP contribution is 2.27. The highest BCUT2D eigenvalue weighted by Gasteiger charge is 2.31. The fraction of sp³-hybridized carbons (Fsp3) is 0.625. The molecule has 1 aromatic carbocycles. The molecular weight excluding hydrogens is 238 g/mol. The summed E-state index contributed by atoms with van der Waals surface area (Å²) < 4.78 is 6.01. The molecule has 0 atom stereocenters. The summed E-state index contributed by atoms with van der Waals surface area (Å²) >= 11 is 0. The monoisotopic (exact) mass is 261 g/mol. The lowest BCUT2D eigenvalue weighted by molar-refractivity contribution is -0.117. The highest BCUT2D eigenvalue weighted by atomic mass is 16.5. The van der Waals surface area contributed by atoms with E-state index in [-0.39, 0.29) is 6.10 Å². The number of nitrogens with zero attached hydrogens (tertiary/aromatic N) is 1. The van der Waals surface area contributed by atoms with Crippen LogP contribution in [0.4, 0.5) is 0 Å². The predicted molar refractivity (Wildman–Crippen MR) is 74.9 cm³/mol. The van der Waals surface area contributed by atoms with Crippen LogP contribution in [0.2, 0.25) is 0 Å². The topological polar surface area (TPSA) is 32.7 Å². The largest absolute Gasteiger partial charge is 0.393 e. The lowest BCUT2D eigenvalue weighted by Gasteiger charge is -2.38. The Hall–Kier alpha value is -0.900. The third-order valence-electron chi connectivity index (χ3n) is 4.24. The van der Waals surface area contributed by atoms with E-state index in [0.29, 0.717) is 12.2 Å². The number of benzene rings is 1. The Morgan fingerprint density at radius 3 is 2.37 bits per heavy atom. The van der Waals surface area contributed by atoms with Crippen LogP contribution in [-0.4, -0.2) is 41.4 Å². The zero-order valence-corrected chi connectivity index (χ0v) is 11.4. The van der Waals surface area contributed by atoms with Gasteiger partial charge in [0.15, 0.2) is 0 Å². The molecule has 0 aromatic heterocycles. The van der Waals surface area contributed by atoms with Gasteiger partial charge >= 0.3 is 0 Å². The Morgan fingerprint density at radius 2 is 1.74 bits per heavy atom. The molecule has 3 rings (SSSR count). The van der Waals surface area contributed by atoms with Gasteiger partial charge in [0.1, 0.15) is 0 Å². The summed E-state index contributed by atoms with van der Waals surface area (Å²) in [7, 11) is 0. The van der Waals surface area contributed by atoms with E-state index < -0.39 is 0 Å². The number of aliphatic hydroxyl groups excluding tert-OH is 1. The zero-order valence-electron chi connectivity index (χ0n) is 11.4. The van der Waals surface area contributed by atoms with Crippen molar-refractivity contribution in [3.8, 4) is 0 Å². The number of likely N-dealkylation sites (tertiary alicyclic amines) is 1. The molecule has 0 amide bonds. The molecule has 3 nitrogen and oxygen atoms in total. The van der Waals surface area contributed by atoms with Gasteiger partial charge in [-0.15, -0.1) is 0 Å². The first-order chi connectivity index (χ1) is 9.29. The zero-order chi connectivity index (χ0) is 13.1. The van der Waals surface area contributed by atoms with Gasteiger partial charge in [0.2, 0.25) is 0 Å². The van der Waals surface area contributed by atoms with Crippen LogP contribution in [-0.2, 0) is 11.3 Å². The molecule has 19 heavy (non-hydrogen) atoms. The van der Waals surface area contributed by atoms with Gasteiger partial charge in [-0.3, -0.25) is 4.90 Å². The van der Waals surface area contributed by atoms with Crippen LogP contribution in [0, 0.1) is 0 Å². The van der Waals surface area contributed by atoms with Crippen LogP contribution >= 0.6 is 0 Å². The molecule has 1 saturated heterocycles. The molecular formula is C16H23NO2. The van der Waals surface area contributed by atoms with E-state index in [0.717, 1.165) is 45.3 Å². The van der Waals surface area contributed by atoms with Crippen molar-refractivity contribution in [2.24, 2.45) is 0 Å². The van der Waals surface area contributed by atoms with Gasteiger partial charge in [0.25, 0.3) is 0 Å². The molecule has 1 aliphatic heterocycles. The van der Waals surface area contributed by atoms with Crippen molar-refractivity contribution in [3.05, 3.63) is 35.9 Å². The van der Waals surface area contributed by atoms with Crippen LogP contribution < -0.4 is 0 Å². The molecule has 1 aliphatic carbocycles. The van der Waals surface area contributed by atoms with E-state index in [1.807, 2.05) is 0 Å². The second kappa shape index (κ2) is 6.04. The summed E-state index contributed by atoms with van der Waals surface area (Å²) in [5.41, 5.74) is 1.39. The fourth-order valence-corrected chi connectivity index (χ4v) is 2.97. The summed E-state index contributed by atoms with van der Waals surface area (Å²) in [6.45, 7) is 3.29. The smallest absolute Gasteiger partial charge is 0.0628 e. The summed E-state index contributed by atoms with van der Waals surface area (Å²) in [5.74, 6) is 0. The van der Waals surface area contributed by atoms with Crippen molar-refractivity contribution in [1.29, 1.82) is 0 Å². The molecule has 3 heteroatoms. The quantitative estimate of drug-likeness (QED) is 0.902. The van der Waals surface area contributed by atoms with E-state index in [1.54, 1.807) is 0 Å². The van der Waals surface area contributed by atoms with Crippen molar-refractivity contribution in [2.75, 3.05) is 13.1 Å². The molecule has 0 spiro atoms. The molecule has 104 valence electrons. The molecule has 0 radical (unpaired) electrons. The maximum atomic E-state index is 9.27. The Morgan fingerprint density at radius 1 is 1.05 bits per heavy atom. The number of rotatable bonds is 4. The second-order valence-electron chi connectivity index (χ2n) is 5.84. The van der Waals surface area contributed by atoms with Crippen LogP contribution in [0.25, 0.3) is 0 Å². The maximum absolute atomic E-state index is 9.27.